The Kier molecular flexibility index (Phi) is 1.75. The maximum atomic E-state index is 14.2. The number of methoxy groups -OCH3 is 2. The van der Waals surface area contributed by atoms with Crippen molar-refractivity contribution in [3.8, 4) is 23.0 Å². The Morgan fingerprint density at radius 2 is 1.97 bits per heavy atom. The van der Waals surface area contributed by atoms with E-state index in [0.717, 1.165) is 0 Å². The third-order valence-corrected chi connectivity index (χ3v) is 3.97. The Balaban J connectivity index is 1.77. The molecule has 0 radical (unpaired) electrons. The third-order valence-electron chi connectivity index (χ3n) is 3.97. The number of nitrogen functional groups attached to an aromatic ring is 1. The summed E-state index contributed by atoms with van der Waals surface area (Å²) in [7, 11) is -6.95. The predicted molar refractivity (Wildman–Crippen MR) is 122 cm³/mol. The average Bonchev–Trinajstić information content (AvgIpc) is 3.05. The minimum absolute atomic E-state index is 0.457. The van der Waals surface area contributed by atoms with Gasteiger partial charge in [0.05, 0.1) is 51.1 Å². The summed E-state index contributed by atoms with van der Waals surface area (Å²) in [6, 6.07) is -6.78. The first-order valence-electron chi connectivity index (χ1n) is 20.9. The van der Waals surface area contributed by atoms with Gasteiger partial charge in [0.25, 0.3) is 5.91 Å². The maximum Gasteiger partial charge on any atom is 0.267 e. The molecule has 10 heteroatoms. The average molecular weight is 477 g/mol. The molecule has 1 amide bonds. The lowest BCUT2D eigenvalue weighted by atomic mass is 10.2. The molecule has 1 fully saturated rings. The molecule has 2 aliphatic heterocycles. The van der Waals surface area contributed by atoms with Gasteiger partial charge in [-0.1, -0.05) is 12.1 Å². The minimum atomic E-state index is -4.33. The number of aromatic nitrogens is 2. The fraction of sp³-hybridized carbons (Fsp3) is 0.348. The third kappa shape index (κ3) is 3.88. The summed E-state index contributed by atoms with van der Waals surface area (Å²) < 4.78 is 224. The number of nitrogens with two attached hydrogens (primary N) is 1. The summed E-state index contributed by atoms with van der Waals surface area (Å²) in [6.45, 7) is -21.0. The molecule has 0 spiro atoms. The van der Waals surface area contributed by atoms with E-state index in [-0.39, 0.29) is 0 Å². The summed E-state index contributed by atoms with van der Waals surface area (Å²) in [5.74, 6) is -10.2. The number of ether oxygens (including phenoxy) is 4. The van der Waals surface area contributed by atoms with Crippen LogP contribution in [-0.4, -0.2) is 73.5 Å². The molecule has 1 saturated heterocycles. The molecule has 3 aromatic rings. The van der Waals surface area contributed by atoms with Crippen LogP contribution in [0.3, 0.4) is 0 Å². The number of benzene rings is 2. The molecule has 1 unspecified atom stereocenters. The first kappa shape index (κ1) is 6.78. The van der Waals surface area contributed by atoms with Crippen molar-refractivity contribution in [1.82, 2.24) is 14.9 Å². The van der Waals surface area contributed by atoms with Gasteiger partial charge in [-0.15, -0.1) is 0 Å². The SMILES string of the molecule is [2H]c1c([2H])c([2H])c2c(c1[2H])OC([2H])([2H])C([2H])(C(=O)N1C([2H])([2H])C([2H])([2H])N(c3nc(N([2H])[2H])c4c([2H])c(OC([2H])([2H])[2H])c(OC([2H])([2H])[2H])c([2H])c4n3)C([2H])([2H])C1([2H])[2H])O2. The van der Waals surface area contributed by atoms with Crippen LogP contribution in [-0.2, 0) is 4.79 Å². The predicted octanol–water partition coefficient (Wildman–Crippen LogP) is 1.72. The van der Waals surface area contributed by atoms with Crippen LogP contribution in [0.5, 0.6) is 23.0 Å². The van der Waals surface area contributed by atoms with Gasteiger partial charge in [-0.3, -0.25) is 4.79 Å². The molecule has 5 rings (SSSR count). The number of hydrogen-bond donors (Lipinski definition) is 1. The first-order valence-corrected chi connectivity index (χ1v) is 8.55. The second kappa shape index (κ2) is 8.53. The number of rotatable bonds is 5. The second-order valence-electron chi connectivity index (χ2n) is 5.90. The molecule has 2 aliphatic rings. The zero-order valence-corrected chi connectivity index (χ0v) is 15.8. The highest BCUT2D eigenvalue weighted by molar-refractivity contribution is 5.91. The zero-order valence-electron chi connectivity index (χ0n) is 40.8. The molecule has 2 N–H and O–H groups in total. The standard InChI is InChI=1S/C23H25N5O5/c1-30-18-11-14-15(12-19(18)31-2)25-23(26-21(14)24)28-9-7-27(8-10-28)22(29)20-13-32-16-5-3-4-6-17(16)33-20/h3-6,11-12,20H,7-10,13H2,1-2H3,(H2,24,25,26)/i1D3,2D3,3D,4D,5D,6D,7D2,8D2,9D2,10D2,11D,12D,13D2,20D/hD2. The van der Waals surface area contributed by atoms with Crippen LogP contribution in [0, 0.1) is 0 Å². The molecule has 10 nitrogen and oxygen atoms in total. The molecular formula is C23H25N5O5. The number of piperazine rings is 1. The number of anilines is 2. The molecule has 33 heavy (non-hydrogen) atoms. The van der Waals surface area contributed by atoms with E-state index >= 15 is 0 Å². The van der Waals surface area contributed by atoms with Gasteiger partial charge in [0.15, 0.2) is 25.8 Å². The highest BCUT2D eigenvalue weighted by Gasteiger charge is 2.33. The van der Waals surface area contributed by atoms with Crippen LogP contribution < -0.4 is 29.6 Å². The van der Waals surface area contributed by atoms with Gasteiger partial charge >= 0.3 is 0 Å². The fourth-order valence-corrected chi connectivity index (χ4v) is 2.52. The Morgan fingerprint density at radius 1 is 1.21 bits per heavy atom. The highest BCUT2D eigenvalue weighted by atomic mass is 16.6. The minimum Gasteiger partial charge on any atom is -0.493 e. The van der Waals surface area contributed by atoms with E-state index in [4.69, 9.17) is 53.3 Å². The van der Waals surface area contributed by atoms with Crippen molar-refractivity contribution in [1.29, 1.82) is 0 Å². The quantitative estimate of drug-likeness (QED) is 0.588. The van der Waals surface area contributed by atoms with Crippen LogP contribution in [0.4, 0.5) is 11.8 Å². The Bertz CT molecular complexity index is 2200. The van der Waals surface area contributed by atoms with E-state index in [9.17, 15) is 4.79 Å². The number of para-hydroxylation sites is 2. The summed E-state index contributed by atoms with van der Waals surface area (Å²) in [5, 5.41) is -0.970. The number of amides is 1. The monoisotopic (exact) mass is 476 g/mol. The number of carbonyl (C=O) groups excluding carboxylic acids is 1. The zero-order chi connectivity index (χ0) is 44.6. The topological polar surface area (TPSA) is 112 Å². The van der Waals surface area contributed by atoms with Gasteiger partial charge in [-0.2, -0.15) is 4.98 Å². The van der Waals surface area contributed by atoms with Gasteiger partial charge in [0, 0.05) is 37.4 Å². The van der Waals surface area contributed by atoms with Crippen molar-refractivity contribution >= 4 is 28.6 Å². The smallest absolute Gasteiger partial charge is 0.267 e. The van der Waals surface area contributed by atoms with E-state index in [1.54, 1.807) is 0 Å². The van der Waals surface area contributed by atoms with Crippen LogP contribution in [0.2, 0.25) is 2.82 Å². The lowest BCUT2D eigenvalue weighted by Crippen LogP contribution is -2.54. The number of nitrogens with zero attached hydrogens (tertiary/aromatic N) is 4. The number of hydrogen-bond acceptors (Lipinski definition) is 9. The van der Waals surface area contributed by atoms with Crippen LogP contribution in [0.1, 0.15) is 31.5 Å². The molecule has 0 bridgehead atoms. The molecule has 0 saturated carbocycles. The Hall–Kier alpha value is -3.95. The molecule has 1 atom stereocenters. The molecule has 172 valence electrons. The molecule has 2 aromatic carbocycles. The number of fused-ring (bicyclic) bond motifs is 2. The summed E-state index contributed by atoms with van der Waals surface area (Å²) >= 11 is 0. The summed E-state index contributed by atoms with van der Waals surface area (Å²) in [4.78, 5) is 20.2. The van der Waals surface area contributed by atoms with Crippen molar-refractivity contribution in [2.45, 2.75) is 6.08 Å². The number of carbonyl (C=O) groups is 1. The Labute approximate surface area is 226 Å². The van der Waals surface area contributed by atoms with Gasteiger partial charge in [0.1, 0.15) is 12.4 Å². The van der Waals surface area contributed by atoms with Crippen LogP contribution in [0.25, 0.3) is 10.9 Å². The van der Waals surface area contributed by atoms with Gasteiger partial charge < -0.3 is 34.5 Å². The van der Waals surface area contributed by atoms with E-state index < -0.39 is 156 Å². The fourth-order valence-electron chi connectivity index (χ4n) is 2.52. The van der Waals surface area contributed by atoms with Crippen molar-refractivity contribution in [2.75, 3.05) is 57.2 Å². The van der Waals surface area contributed by atoms with Gasteiger partial charge in [-0.05, 0) is 18.1 Å². The largest absolute Gasteiger partial charge is 0.493 e. The highest BCUT2D eigenvalue weighted by Crippen LogP contribution is 2.34. The molecule has 0 aliphatic carbocycles. The Morgan fingerprint density at radius 3 is 2.73 bits per heavy atom. The van der Waals surface area contributed by atoms with Crippen molar-refractivity contribution < 1.29 is 58.1 Å². The molecule has 3 heterocycles. The van der Waals surface area contributed by atoms with E-state index in [0.29, 0.717) is 0 Å². The van der Waals surface area contributed by atoms with Crippen molar-refractivity contribution in [2.24, 2.45) is 0 Å². The van der Waals surface area contributed by atoms with Gasteiger partial charge in [0.2, 0.25) is 12.0 Å². The summed E-state index contributed by atoms with van der Waals surface area (Å²) in [6.07, 6.45) is -4.13. The van der Waals surface area contributed by atoms with Crippen molar-refractivity contribution in [3.63, 3.8) is 0 Å². The molecular weight excluding hydrogens is 426 g/mol. The van der Waals surface area contributed by atoms with Crippen LogP contribution >= 0.6 is 0 Å². The lowest BCUT2D eigenvalue weighted by Gasteiger charge is -2.37. The first-order chi connectivity index (χ1) is 25.9. The lowest BCUT2D eigenvalue weighted by molar-refractivity contribution is -0.141. The normalized spacial score (nSPS) is 39.2. The van der Waals surface area contributed by atoms with Crippen molar-refractivity contribution in [3.05, 3.63) is 36.3 Å². The second-order valence-corrected chi connectivity index (χ2v) is 5.90. The maximum absolute atomic E-state index is 14.2. The van der Waals surface area contributed by atoms with Gasteiger partial charge in [-0.25, -0.2) is 4.98 Å². The van der Waals surface area contributed by atoms with E-state index in [2.05, 4.69) is 9.97 Å². The summed E-state index contributed by atoms with van der Waals surface area (Å²) in [5.41, 5.74) is -1.58. The van der Waals surface area contributed by atoms with E-state index in [1.165, 1.54) is 0 Å². The van der Waals surface area contributed by atoms with Crippen LogP contribution in [0.15, 0.2) is 36.3 Å². The molecule has 1 aromatic heterocycles. The van der Waals surface area contributed by atoms with E-state index in [1.807, 2.05) is 0 Å².